The Morgan fingerprint density at radius 3 is 2.30 bits per heavy atom. The molecule has 110 valence electrons. The van der Waals surface area contributed by atoms with E-state index < -0.39 is 0 Å². The molecule has 0 spiro atoms. The monoisotopic (exact) mass is 276 g/mol. The number of para-hydroxylation sites is 1. The van der Waals surface area contributed by atoms with Crippen molar-refractivity contribution < 1.29 is 4.92 Å². The molecule has 1 saturated carbocycles. The lowest BCUT2D eigenvalue weighted by molar-refractivity contribution is -0.385. The van der Waals surface area contributed by atoms with Crippen LogP contribution in [0.2, 0.25) is 0 Å². The van der Waals surface area contributed by atoms with E-state index in [1.807, 2.05) is 12.1 Å². The average molecular weight is 276 g/mol. The second-order valence-electron chi connectivity index (χ2n) is 6.03. The highest BCUT2D eigenvalue weighted by Crippen LogP contribution is 2.38. The number of benzene rings is 1. The van der Waals surface area contributed by atoms with Crippen molar-refractivity contribution in [2.75, 3.05) is 6.54 Å². The molecule has 4 heteroatoms. The molecule has 20 heavy (non-hydrogen) atoms. The zero-order valence-electron chi connectivity index (χ0n) is 12.0. The van der Waals surface area contributed by atoms with Gasteiger partial charge < -0.3 is 5.73 Å². The summed E-state index contributed by atoms with van der Waals surface area (Å²) in [7, 11) is 0. The van der Waals surface area contributed by atoms with Gasteiger partial charge in [0.2, 0.25) is 0 Å². The van der Waals surface area contributed by atoms with Crippen LogP contribution in [0.1, 0.15) is 50.5 Å². The molecule has 2 rings (SSSR count). The van der Waals surface area contributed by atoms with Crippen LogP contribution >= 0.6 is 0 Å². The average Bonchev–Trinajstić information content (AvgIpc) is 2.42. The van der Waals surface area contributed by atoms with E-state index in [1.165, 1.54) is 32.1 Å². The summed E-state index contributed by atoms with van der Waals surface area (Å²) < 4.78 is 0. The zero-order valence-corrected chi connectivity index (χ0v) is 12.0. The predicted octanol–water partition coefficient (Wildman–Crippen LogP) is 3.83. The van der Waals surface area contributed by atoms with Gasteiger partial charge >= 0.3 is 0 Å². The van der Waals surface area contributed by atoms with E-state index in [-0.39, 0.29) is 16.0 Å². The van der Waals surface area contributed by atoms with Gasteiger partial charge in [-0.3, -0.25) is 10.1 Å². The van der Waals surface area contributed by atoms with Crippen LogP contribution in [0.25, 0.3) is 0 Å². The molecule has 0 aromatic heterocycles. The smallest absolute Gasteiger partial charge is 0.272 e. The lowest BCUT2D eigenvalue weighted by Gasteiger charge is -2.34. The third kappa shape index (κ3) is 3.57. The minimum Gasteiger partial charge on any atom is -0.330 e. The Kier molecular flexibility index (Phi) is 5.12. The number of nitrogens with zero attached hydrogens (tertiary/aromatic N) is 1. The van der Waals surface area contributed by atoms with Gasteiger partial charge in [-0.25, -0.2) is 0 Å². The molecule has 0 atom stereocenters. The summed E-state index contributed by atoms with van der Waals surface area (Å²) in [6.45, 7) is 0.624. The standard InChI is InChI=1S/C16H24N2O2/c17-13-16(10-6-2-1-3-7-11-16)12-14-8-4-5-9-15(14)18(19)20/h4-5,8-9H,1-3,6-7,10-13,17H2. The van der Waals surface area contributed by atoms with Crippen LogP contribution in [0.5, 0.6) is 0 Å². The maximum atomic E-state index is 11.2. The van der Waals surface area contributed by atoms with Gasteiger partial charge in [-0.2, -0.15) is 0 Å². The first-order valence-corrected chi connectivity index (χ1v) is 7.59. The summed E-state index contributed by atoms with van der Waals surface area (Å²) in [6.07, 6.45) is 9.14. The molecular formula is C16H24N2O2. The third-order valence-corrected chi connectivity index (χ3v) is 4.60. The number of hydrogen-bond donors (Lipinski definition) is 1. The Bertz CT molecular complexity index is 452. The SMILES string of the molecule is NCC1(Cc2ccccc2[N+](=O)[O-])CCCCCCC1. The second-order valence-corrected chi connectivity index (χ2v) is 6.03. The highest BCUT2D eigenvalue weighted by Gasteiger charge is 2.31. The number of hydrogen-bond acceptors (Lipinski definition) is 3. The van der Waals surface area contributed by atoms with Gasteiger partial charge in [-0.15, -0.1) is 0 Å². The molecule has 2 N–H and O–H groups in total. The summed E-state index contributed by atoms with van der Waals surface area (Å²) in [5.74, 6) is 0. The van der Waals surface area contributed by atoms with Crippen molar-refractivity contribution in [3.63, 3.8) is 0 Å². The third-order valence-electron chi connectivity index (χ3n) is 4.60. The predicted molar refractivity (Wildman–Crippen MR) is 80.6 cm³/mol. The minimum absolute atomic E-state index is 0.0481. The first kappa shape index (κ1) is 15.0. The Morgan fingerprint density at radius 2 is 1.70 bits per heavy atom. The molecule has 0 aliphatic heterocycles. The van der Waals surface area contributed by atoms with E-state index in [9.17, 15) is 10.1 Å². The maximum absolute atomic E-state index is 11.2. The van der Waals surface area contributed by atoms with Crippen molar-refractivity contribution in [1.29, 1.82) is 0 Å². The normalized spacial score (nSPS) is 19.1. The summed E-state index contributed by atoms with van der Waals surface area (Å²) in [6, 6.07) is 7.10. The Balaban J connectivity index is 2.22. The van der Waals surface area contributed by atoms with E-state index >= 15 is 0 Å². The van der Waals surface area contributed by atoms with E-state index in [4.69, 9.17) is 5.73 Å². The van der Waals surface area contributed by atoms with E-state index in [2.05, 4.69) is 0 Å². The maximum Gasteiger partial charge on any atom is 0.272 e. The largest absolute Gasteiger partial charge is 0.330 e. The fourth-order valence-electron chi connectivity index (χ4n) is 3.35. The van der Waals surface area contributed by atoms with Gasteiger partial charge in [-0.05, 0) is 31.2 Å². The lowest BCUT2D eigenvalue weighted by atomic mass is 9.72. The minimum atomic E-state index is -0.275. The van der Waals surface area contributed by atoms with Crippen molar-refractivity contribution in [3.8, 4) is 0 Å². The van der Waals surface area contributed by atoms with Crippen LogP contribution in [0, 0.1) is 15.5 Å². The van der Waals surface area contributed by atoms with Gasteiger partial charge in [0.15, 0.2) is 0 Å². The van der Waals surface area contributed by atoms with Gasteiger partial charge in [-0.1, -0.05) is 50.3 Å². The molecule has 0 heterocycles. The molecule has 1 aliphatic rings. The molecule has 0 amide bonds. The van der Waals surface area contributed by atoms with Crippen LogP contribution < -0.4 is 5.73 Å². The van der Waals surface area contributed by atoms with Gasteiger partial charge in [0, 0.05) is 11.6 Å². The number of rotatable bonds is 4. The molecule has 1 aliphatic carbocycles. The molecule has 0 radical (unpaired) electrons. The molecule has 1 fully saturated rings. The Morgan fingerprint density at radius 1 is 1.10 bits per heavy atom. The van der Waals surface area contributed by atoms with Crippen molar-refractivity contribution in [2.45, 2.75) is 51.4 Å². The summed E-state index contributed by atoms with van der Waals surface area (Å²) in [5, 5.41) is 11.2. The van der Waals surface area contributed by atoms with E-state index in [0.717, 1.165) is 24.8 Å². The Hall–Kier alpha value is -1.42. The lowest BCUT2D eigenvalue weighted by Crippen LogP contribution is -2.33. The van der Waals surface area contributed by atoms with Crippen LogP contribution in [0.4, 0.5) is 5.69 Å². The van der Waals surface area contributed by atoms with Crippen LogP contribution in [0.3, 0.4) is 0 Å². The van der Waals surface area contributed by atoms with Gasteiger partial charge in [0.1, 0.15) is 0 Å². The second kappa shape index (κ2) is 6.84. The number of nitro benzene ring substituents is 1. The summed E-state index contributed by atoms with van der Waals surface area (Å²) >= 11 is 0. The van der Waals surface area contributed by atoms with E-state index in [0.29, 0.717) is 6.54 Å². The summed E-state index contributed by atoms with van der Waals surface area (Å²) in [4.78, 5) is 10.9. The molecule has 0 unspecified atom stereocenters. The molecule has 0 bridgehead atoms. The zero-order chi connectivity index (χ0) is 14.4. The van der Waals surface area contributed by atoms with Crippen LogP contribution in [-0.2, 0) is 6.42 Å². The first-order valence-electron chi connectivity index (χ1n) is 7.59. The quantitative estimate of drug-likeness (QED) is 0.671. The highest BCUT2D eigenvalue weighted by molar-refractivity contribution is 5.40. The fraction of sp³-hybridized carbons (Fsp3) is 0.625. The highest BCUT2D eigenvalue weighted by atomic mass is 16.6. The van der Waals surface area contributed by atoms with Crippen molar-refractivity contribution in [2.24, 2.45) is 11.1 Å². The van der Waals surface area contributed by atoms with Crippen LogP contribution in [0.15, 0.2) is 24.3 Å². The van der Waals surface area contributed by atoms with Crippen molar-refractivity contribution >= 4 is 5.69 Å². The van der Waals surface area contributed by atoms with Gasteiger partial charge in [0.05, 0.1) is 4.92 Å². The van der Waals surface area contributed by atoms with Crippen molar-refractivity contribution in [3.05, 3.63) is 39.9 Å². The summed E-state index contributed by atoms with van der Waals surface area (Å²) in [5.41, 5.74) is 7.19. The number of nitro groups is 1. The van der Waals surface area contributed by atoms with E-state index in [1.54, 1.807) is 12.1 Å². The van der Waals surface area contributed by atoms with Gasteiger partial charge in [0.25, 0.3) is 5.69 Å². The Labute approximate surface area is 120 Å². The van der Waals surface area contributed by atoms with Crippen LogP contribution in [-0.4, -0.2) is 11.5 Å². The molecule has 1 aromatic carbocycles. The molecule has 0 saturated heterocycles. The first-order chi connectivity index (χ1) is 9.67. The molecular weight excluding hydrogens is 252 g/mol. The fourth-order valence-corrected chi connectivity index (χ4v) is 3.35. The molecule has 4 nitrogen and oxygen atoms in total. The topological polar surface area (TPSA) is 69.2 Å². The molecule has 1 aromatic rings. The van der Waals surface area contributed by atoms with Crippen molar-refractivity contribution in [1.82, 2.24) is 0 Å². The number of nitrogens with two attached hydrogens (primary N) is 1.